The second-order valence-corrected chi connectivity index (χ2v) is 9.00. The third kappa shape index (κ3) is 3.16. The highest BCUT2D eigenvalue weighted by Gasteiger charge is 2.24. The maximum Gasteiger partial charge on any atom is 0.242 e. The summed E-state index contributed by atoms with van der Waals surface area (Å²) < 4.78 is 33.8. The Morgan fingerprint density at radius 3 is 2.40 bits per heavy atom. The van der Waals surface area contributed by atoms with Crippen LogP contribution in [0.15, 0.2) is 25.2 Å². The Morgan fingerprint density at radius 2 is 1.95 bits per heavy atom. The van der Waals surface area contributed by atoms with E-state index in [-0.39, 0.29) is 6.04 Å². The molecule has 0 aliphatic carbocycles. The molecule has 20 heavy (non-hydrogen) atoms. The first-order valence-corrected chi connectivity index (χ1v) is 9.15. The SMILES string of the molecule is Cc1cc(C(C)NS(=O)(=O)c2cc(Br)sc2C)c(C)o1. The van der Waals surface area contributed by atoms with E-state index in [9.17, 15) is 8.42 Å². The Labute approximate surface area is 131 Å². The van der Waals surface area contributed by atoms with Gasteiger partial charge in [0.2, 0.25) is 10.0 Å². The van der Waals surface area contributed by atoms with Gasteiger partial charge in [0, 0.05) is 16.5 Å². The summed E-state index contributed by atoms with van der Waals surface area (Å²) in [5.74, 6) is 1.51. The van der Waals surface area contributed by atoms with Gasteiger partial charge in [0.1, 0.15) is 11.5 Å². The van der Waals surface area contributed by atoms with E-state index >= 15 is 0 Å². The van der Waals surface area contributed by atoms with Crippen molar-refractivity contribution in [2.24, 2.45) is 0 Å². The van der Waals surface area contributed by atoms with Crippen LogP contribution in [-0.4, -0.2) is 8.42 Å². The molecule has 0 aliphatic rings. The van der Waals surface area contributed by atoms with Gasteiger partial charge >= 0.3 is 0 Å². The van der Waals surface area contributed by atoms with Gasteiger partial charge in [0.05, 0.1) is 8.68 Å². The van der Waals surface area contributed by atoms with E-state index in [2.05, 4.69) is 20.7 Å². The lowest BCUT2D eigenvalue weighted by Crippen LogP contribution is -2.27. The molecular weight excluding hydrogens is 362 g/mol. The van der Waals surface area contributed by atoms with E-state index < -0.39 is 10.0 Å². The molecule has 0 fully saturated rings. The molecule has 4 nitrogen and oxygen atoms in total. The van der Waals surface area contributed by atoms with Gasteiger partial charge in [-0.3, -0.25) is 0 Å². The van der Waals surface area contributed by atoms with Crippen LogP contribution in [0.5, 0.6) is 0 Å². The average molecular weight is 378 g/mol. The van der Waals surface area contributed by atoms with Crippen molar-refractivity contribution in [2.45, 2.75) is 38.6 Å². The summed E-state index contributed by atoms with van der Waals surface area (Å²) in [4.78, 5) is 1.08. The Hall–Kier alpha value is -0.630. The average Bonchev–Trinajstić information content (AvgIpc) is 2.81. The molecule has 2 rings (SSSR count). The van der Waals surface area contributed by atoms with Crippen LogP contribution in [0.4, 0.5) is 0 Å². The predicted octanol–water partition coefficient (Wildman–Crippen LogP) is 4.07. The zero-order chi connectivity index (χ0) is 15.1. The van der Waals surface area contributed by atoms with Crippen molar-refractivity contribution < 1.29 is 12.8 Å². The summed E-state index contributed by atoms with van der Waals surface area (Å²) in [5.41, 5.74) is 0.859. The molecule has 2 aromatic heterocycles. The molecule has 0 radical (unpaired) electrons. The van der Waals surface area contributed by atoms with Crippen LogP contribution in [0.1, 0.15) is 34.9 Å². The lowest BCUT2D eigenvalue weighted by atomic mass is 10.1. The molecule has 0 spiro atoms. The normalized spacial score (nSPS) is 13.7. The Bertz CT molecular complexity index is 731. The topological polar surface area (TPSA) is 59.3 Å². The Balaban J connectivity index is 2.29. The molecule has 110 valence electrons. The second kappa shape index (κ2) is 5.63. The summed E-state index contributed by atoms with van der Waals surface area (Å²) in [6.07, 6.45) is 0. The number of nitrogens with one attached hydrogen (secondary N) is 1. The fraction of sp³-hybridized carbons (Fsp3) is 0.385. The summed E-state index contributed by atoms with van der Waals surface area (Å²) in [6, 6.07) is 3.15. The van der Waals surface area contributed by atoms with Crippen molar-refractivity contribution in [3.8, 4) is 0 Å². The number of thiophene rings is 1. The van der Waals surface area contributed by atoms with Gasteiger partial charge in [-0.25, -0.2) is 13.1 Å². The van der Waals surface area contributed by atoms with Crippen LogP contribution in [0.2, 0.25) is 0 Å². The highest BCUT2D eigenvalue weighted by Crippen LogP contribution is 2.31. The first kappa shape index (κ1) is 15.8. The molecule has 0 saturated heterocycles. The van der Waals surface area contributed by atoms with E-state index in [1.54, 1.807) is 13.0 Å². The van der Waals surface area contributed by atoms with Crippen molar-refractivity contribution in [2.75, 3.05) is 0 Å². The largest absolute Gasteiger partial charge is 0.466 e. The van der Waals surface area contributed by atoms with Crippen LogP contribution in [-0.2, 0) is 10.0 Å². The predicted molar refractivity (Wildman–Crippen MR) is 83.7 cm³/mol. The molecule has 2 heterocycles. The Morgan fingerprint density at radius 1 is 1.30 bits per heavy atom. The number of hydrogen-bond donors (Lipinski definition) is 1. The van der Waals surface area contributed by atoms with Crippen molar-refractivity contribution in [1.82, 2.24) is 4.72 Å². The smallest absolute Gasteiger partial charge is 0.242 e. The molecule has 0 amide bonds. The molecule has 0 aliphatic heterocycles. The first-order valence-electron chi connectivity index (χ1n) is 6.06. The number of halogens is 1. The number of furan rings is 1. The lowest BCUT2D eigenvalue weighted by Gasteiger charge is -2.13. The Kier molecular flexibility index (Phi) is 4.44. The van der Waals surface area contributed by atoms with Gasteiger partial charge < -0.3 is 4.42 Å². The molecule has 1 unspecified atom stereocenters. The lowest BCUT2D eigenvalue weighted by molar-refractivity contribution is 0.496. The van der Waals surface area contributed by atoms with Gasteiger partial charge in [-0.1, -0.05) is 0 Å². The molecule has 1 N–H and O–H groups in total. The fourth-order valence-corrected chi connectivity index (χ4v) is 5.77. The van der Waals surface area contributed by atoms with E-state index in [4.69, 9.17) is 4.42 Å². The van der Waals surface area contributed by atoms with Gasteiger partial charge in [-0.15, -0.1) is 11.3 Å². The minimum absolute atomic E-state index is 0.319. The van der Waals surface area contributed by atoms with Crippen LogP contribution >= 0.6 is 27.3 Å². The zero-order valence-corrected chi connectivity index (χ0v) is 14.9. The number of sulfonamides is 1. The zero-order valence-electron chi connectivity index (χ0n) is 11.7. The molecule has 1 atom stereocenters. The van der Waals surface area contributed by atoms with Crippen molar-refractivity contribution >= 4 is 37.3 Å². The van der Waals surface area contributed by atoms with E-state index in [0.29, 0.717) is 4.90 Å². The maximum atomic E-state index is 12.4. The molecular formula is C13H16BrNO3S2. The second-order valence-electron chi connectivity index (χ2n) is 4.68. The summed E-state index contributed by atoms with van der Waals surface area (Å²) in [5, 5.41) is 0. The standard InChI is InChI=1S/C13H16BrNO3S2/c1-7-5-11(9(3)18-7)8(2)15-20(16,17)12-6-13(14)19-10(12)4/h5-6,8,15H,1-4H3. The highest BCUT2D eigenvalue weighted by atomic mass is 79.9. The molecule has 0 saturated carbocycles. The first-order chi connectivity index (χ1) is 9.20. The van der Waals surface area contributed by atoms with Gasteiger partial charge in [-0.05, 0) is 55.8 Å². The monoisotopic (exact) mass is 377 g/mol. The molecule has 0 bridgehead atoms. The molecule has 7 heteroatoms. The molecule has 2 aromatic rings. The van der Waals surface area contributed by atoms with Crippen LogP contribution in [0.25, 0.3) is 0 Å². The molecule has 0 aromatic carbocycles. The van der Waals surface area contributed by atoms with Crippen molar-refractivity contribution in [1.29, 1.82) is 0 Å². The van der Waals surface area contributed by atoms with Crippen LogP contribution in [0, 0.1) is 20.8 Å². The summed E-state index contributed by atoms with van der Waals surface area (Å²) >= 11 is 4.72. The third-order valence-electron chi connectivity index (χ3n) is 3.01. The van der Waals surface area contributed by atoms with E-state index in [0.717, 1.165) is 25.7 Å². The third-order valence-corrected chi connectivity index (χ3v) is 6.36. The quantitative estimate of drug-likeness (QED) is 0.873. The van der Waals surface area contributed by atoms with Crippen LogP contribution in [0.3, 0.4) is 0 Å². The highest BCUT2D eigenvalue weighted by molar-refractivity contribution is 9.11. The van der Waals surface area contributed by atoms with Gasteiger partial charge in [-0.2, -0.15) is 0 Å². The minimum atomic E-state index is -3.54. The fourth-order valence-electron chi connectivity index (χ4n) is 2.14. The van der Waals surface area contributed by atoms with Crippen molar-refractivity contribution in [3.05, 3.63) is 37.9 Å². The minimum Gasteiger partial charge on any atom is -0.466 e. The summed E-state index contributed by atoms with van der Waals surface area (Å²) in [6.45, 7) is 7.28. The van der Waals surface area contributed by atoms with E-state index in [1.165, 1.54) is 11.3 Å². The van der Waals surface area contributed by atoms with E-state index in [1.807, 2.05) is 26.8 Å². The summed E-state index contributed by atoms with van der Waals surface area (Å²) in [7, 11) is -3.54. The van der Waals surface area contributed by atoms with Crippen molar-refractivity contribution in [3.63, 3.8) is 0 Å². The van der Waals surface area contributed by atoms with Crippen LogP contribution < -0.4 is 4.72 Å². The van der Waals surface area contributed by atoms with Gasteiger partial charge in [0.25, 0.3) is 0 Å². The number of rotatable bonds is 4. The number of hydrogen-bond acceptors (Lipinski definition) is 4. The van der Waals surface area contributed by atoms with Gasteiger partial charge in [0.15, 0.2) is 0 Å². The number of aryl methyl sites for hydroxylation is 3. The maximum absolute atomic E-state index is 12.4.